The Bertz CT molecular complexity index is 826. The number of fused-ring (bicyclic) bond motifs is 1. The van der Waals surface area contributed by atoms with E-state index in [1.165, 1.54) is 24.3 Å². The van der Waals surface area contributed by atoms with Gasteiger partial charge in [0.2, 0.25) is 11.7 Å². The van der Waals surface area contributed by atoms with E-state index in [1.54, 1.807) is 0 Å². The van der Waals surface area contributed by atoms with Crippen molar-refractivity contribution in [2.75, 3.05) is 0 Å². The highest BCUT2D eigenvalue weighted by Crippen LogP contribution is 2.38. The van der Waals surface area contributed by atoms with Crippen molar-refractivity contribution in [3.63, 3.8) is 0 Å². The van der Waals surface area contributed by atoms with Gasteiger partial charge in [0.05, 0.1) is 17.0 Å². The number of alkyl halides is 6. The van der Waals surface area contributed by atoms with Crippen LogP contribution >= 0.6 is 0 Å². The van der Waals surface area contributed by atoms with E-state index < -0.39 is 42.6 Å². The van der Waals surface area contributed by atoms with Crippen LogP contribution in [0.5, 0.6) is 0 Å². The number of nitrogens with one attached hydrogen (secondary N) is 1. The van der Waals surface area contributed by atoms with Crippen molar-refractivity contribution < 1.29 is 31.1 Å². The first-order valence-electron chi connectivity index (χ1n) is 8.46. The molecule has 1 aromatic heterocycles. The average Bonchev–Trinajstić information content (AvgIpc) is 2.93. The highest BCUT2D eigenvalue weighted by Gasteiger charge is 2.46. The number of halogens is 6. The summed E-state index contributed by atoms with van der Waals surface area (Å²) in [5, 5.41) is 2.28. The molecule has 0 saturated heterocycles. The monoisotopic (exact) mass is 393 g/mol. The Hall–Kier alpha value is -2.26. The first kappa shape index (κ1) is 19.5. The number of hydrogen-bond acceptors (Lipinski definition) is 2. The molecule has 1 heterocycles. The summed E-state index contributed by atoms with van der Waals surface area (Å²) in [7, 11) is 0. The lowest BCUT2D eigenvalue weighted by Gasteiger charge is -2.33. The Morgan fingerprint density at radius 3 is 2.44 bits per heavy atom. The minimum atomic E-state index is -4.79. The standard InChI is InChI=1S/C17H17F6N3O/c18-16(19,20)10-5-1-2-6-11(10)24-14(27)9-26-13-8-4-3-7-12(13)25-15(26)17(21,22)23/h3-4,7-8,10-11H,1-2,5-6,9H2,(H,24,27)/t10-,11+/m0/s1. The van der Waals surface area contributed by atoms with Gasteiger partial charge in [-0.2, -0.15) is 26.3 Å². The zero-order valence-corrected chi connectivity index (χ0v) is 14.1. The van der Waals surface area contributed by atoms with E-state index >= 15 is 0 Å². The molecule has 0 spiro atoms. The molecular formula is C17H17F6N3O. The molecule has 0 unspecified atom stereocenters. The maximum Gasteiger partial charge on any atom is 0.449 e. The number of para-hydroxylation sites is 2. The lowest BCUT2D eigenvalue weighted by molar-refractivity contribution is -0.189. The van der Waals surface area contributed by atoms with E-state index in [-0.39, 0.29) is 23.9 Å². The second-order valence-electron chi connectivity index (χ2n) is 6.61. The Labute approximate surface area is 150 Å². The van der Waals surface area contributed by atoms with Crippen LogP contribution < -0.4 is 5.32 Å². The van der Waals surface area contributed by atoms with Crippen LogP contribution in [-0.2, 0) is 17.5 Å². The maximum absolute atomic E-state index is 13.3. The molecule has 1 aromatic carbocycles. The first-order valence-corrected chi connectivity index (χ1v) is 8.46. The fraction of sp³-hybridized carbons (Fsp3) is 0.529. The summed E-state index contributed by atoms with van der Waals surface area (Å²) in [5.74, 6) is -3.84. The van der Waals surface area contributed by atoms with Gasteiger partial charge in [-0.3, -0.25) is 4.79 Å². The number of imidazole rings is 1. The number of carbonyl (C=O) groups is 1. The molecule has 27 heavy (non-hydrogen) atoms. The SMILES string of the molecule is O=C(Cn1c(C(F)(F)F)nc2ccccc21)N[C@@H]1CCCC[C@@H]1C(F)(F)F. The number of amides is 1. The van der Waals surface area contributed by atoms with Crippen molar-refractivity contribution in [3.8, 4) is 0 Å². The zero-order chi connectivity index (χ0) is 19.8. The van der Waals surface area contributed by atoms with Gasteiger partial charge in [-0.25, -0.2) is 4.98 Å². The summed E-state index contributed by atoms with van der Waals surface area (Å²) in [6.45, 7) is -0.754. The molecule has 0 radical (unpaired) electrons. The number of rotatable bonds is 3. The van der Waals surface area contributed by atoms with Gasteiger partial charge >= 0.3 is 12.4 Å². The first-order chi connectivity index (χ1) is 12.6. The summed E-state index contributed by atoms with van der Waals surface area (Å²) in [5.41, 5.74) is 0.152. The van der Waals surface area contributed by atoms with Crippen molar-refractivity contribution in [3.05, 3.63) is 30.1 Å². The van der Waals surface area contributed by atoms with E-state index in [0.29, 0.717) is 17.4 Å². The molecule has 1 fully saturated rings. The number of benzene rings is 1. The van der Waals surface area contributed by atoms with Crippen LogP contribution in [0.3, 0.4) is 0 Å². The molecule has 1 aliphatic carbocycles. The minimum Gasteiger partial charge on any atom is -0.351 e. The highest BCUT2D eigenvalue weighted by atomic mass is 19.4. The van der Waals surface area contributed by atoms with Crippen LogP contribution in [0.4, 0.5) is 26.3 Å². The van der Waals surface area contributed by atoms with E-state index in [1.807, 2.05) is 0 Å². The second kappa shape index (κ2) is 7.05. The number of carbonyl (C=O) groups excluding carboxylic acids is 1. The molecule has 148 valence electrons. The van der Waals surface area contributed by atoms with Crippen LogP contribution in [0.2, 0.25) is 0 Å². The third kappa shape index (κ3) is 4.19. The zero-order valence-electron chi connectivity index (χ0n) is 14.1. The van der Waals surface area contributed by atoms with Crippen molar-refractivity contribution in [2.45, 2.75) is 50.6 Å². The number of hydrogen-bond donors (Lipinski definition) is 1. The third-order valence-corrected chi connectivity index (χ3v) is 4.74. The van der Waals surface area contributed by atoms with Crippen LogP contribution in [0.25, 0.3) is 11.0 Å². The average molecular weight is 393 g/mol. The Morgan fingerprint density at radius 2 is 1.78 bits per heavy atom. The highest BCUT2D eigenvalue weighted by molar-refractivity contribution is 5.81. The number of nitrogens with zero attached hydrogens (tertiary/aromatic N) is 2. The van der Waals surface area contributed by atoms with Gasteiger partial charge in [0.25, 0.3) is 0 Å². The summed E-state index contributed by atoms with van der Waals surface area (Å²) in [4.78, 5) is 15.8. The van der Waals surface area contributed by atoms with E-state index in [9.17, 15) is 31.1 Å². The summed E-state index contributed by atoms with van der Waals surface area (Å²) >= 11 is 0. The molecule has 1 amide bonds. The van der Waals surface area contributed by atoms with Gasteiger partial charge in [0, 0.05) is 6.04 Å². The van der Waals surface area contributed by atoms with Gasteiger partial charge in [0.1, 0.15) is 6.54 Å². The molecule has 1 aliphatic rings. The van der Waals surface area contributed by atoms with E-state index in [2.05, 4.69) is 10.3 Å². The lowest BCUT2D eigenvalue weighted by atomic mass is 9.84. The number of aromatic nitrogens is 2. The van der Waals surface area contributed by atoms with Gasteiger partial charge in [-0.15, -0.1) is 0 Å². The smallest absolute Gasteiger partial charge is 0.351 e. The fourth-order valence-corrected chi connectivity index (χ4v) is 3.54. The largest absolute Gasteiger partial charge is 0.449 e. The summed E-state index contributed by atoms with van der Waals surface area (Å²) in [6.07, 6.45) is -8.28. The molecule has 1 saturated carbocycles. The molecule has 2 aromatic rings. The molecule has 2 atom stereocenters. The van der Waals surface area contributed by atoms with Crippen LogP contribution in [0, 0.1) is 5.92 Å². The Morgan fingerprint density at radius 1 is 1.11 bits per heavy atom. The quantitative estimate of drug-likeness (QED) is 0.791. The molecule has 0 aliphatic heterocycles. The van der Waals surface area contributed by atoms with Crippen molar-refractivity contribution in [1.82, 2.24) is 14.9 Å². The van der Waals surface area contributed by atoms with Crippen molar-refractivity contribution in [1.29, 1.82) is 0 Å². The van der Waals surface area contributed by atoms with Crippen LogP contribution in [0.15, 0.2) is 24.3 Å². The Balaban J connectivity index is 1.84. The van der Waals surface area contributed by atoms with Crippen molar-refractivity contribution >= 4 is 16.9 Å². The summed E-state index contributed by atoms with van der Waals surface area (Å²) in [6, 6.07) is 4.63. The molecule has 3 rings (SSSR count). The van der Waals surface area contributed by atoms with Crippen molar-refractivity contribution in [2.24, 2.45) is 5.92 Å². The molecule has 10 heteroatoms. The molecule has 4 nitrogen and oxygen atoms in total. The fourth-order valence-electron chi connectivity index (χ4n) is 3.54. The lowest BCUT2D eigenvalue weighted by Crippen LogP contribution is -2.48. The van der Waals surface area contributed by atoms with Crippen LogP contribution in [-0.4, -0.2) is 27.7 Å². The Kier molecular flexibility index (Phi) is 5.09. The molecule has 0 bridgehead atoms. The van der Waals surface area contributed by atoms with E-state index in [0.717, 1.165) is 0 Å². The van der Waals surface area contributed by atoms with Gasteiger partial charge in [0.15, 0.2) is 0 Å². The third-order valence-electron chi connectivity index (χ3n) is 4.74. The minimum absolute atomic E-state index is 0.0588. The molecular weight excluding hydrogens is 376 g/mol. The maximum atomic E-state index is 13.3. The topological polar surface area (TPSA) is 46.9 Å². The predicted molar refractivity (Wildman–Crippen MR) is 84.7 cm³/mol. The second-order valence-corrected chi connectivity index (χ2v) is 6.61. The summed E-state index contributed by atoms with van der Waals surface area (Å²) < 4.78 is 79.8. The van der Waals surface area contributed by atoms with Gasteiger partial charge < -0.3 is 9.88 Å². The molecule has 1 N–H and O–H groups in total. The van der Waals surface area contributed by atoms with E-state index in [4.69, 9.17) is 0 Å². The normalized spacial score (nSPS) is 21.4. The van der Waals surface area contributed by atoms with Crippen LogP contribution in [0.1, 0.15) is 31.5 Å². The van der Waals surface area contributed by atoms with Gasteiger partial charge in [-0.1, -0.05) is 25.0 Å². The van der Waals surface area contributed by atoms with Gasteiger partial charge in [-0.05, 0) is 25.0 Å². The predicted octanol–water partition coefficient (Wildman–Crippen LogP) is 4.29.